The third-order valence-corrected chi connectivity index (χ3v) is 4.57. The molecule has 8 heteroatoms. The highest BCUT2D eigenvalue weighted by Crippen LogP contribution is 2.37. The van der Waals surface area contributed by atoms with Crippen LogP contribution < -0.4 is 9.80 Å². The standard InChI is InChI=1S/C18H23N3O5/c1-18(2,3)26-17(25)21-9-13-15(22)19(4)11-7-5-6-8-12(11)20(13)10-14(21)16(23)24/h5-8,13-14H,9-10H2,1-4H3,(H,23,24). The Morgan fingerprint density at radius 2 is 1.77 bits per heavy atom. The molecule has 2 aliphatic heterocycles. The fourth-order valence-electron chi connectivity index (χ4n) is 3.37. The molecule has 0 aliphatic carbocycles. The van der Waals surface area contributed by atoms with Crippen LogP contribution in [-0.4, -0.2) is 65.8 Å². The van der Waals surface area contributed by atoms with Gasteiger partial charge in [0, 0.05) is 7.05 Å². The van der Waals surface area contributed by atoms with Gasteiger partial charge >= 0.3 is 12.1 Å². The Balaban J connectivity index is 1.96. The lowest BCUT2D eigenvalue weighted by Crippen LogP contribution is -2.68. The van der Waals surface area contributed by atoms with E-state index in [0.717, 1.165) is 16.3 Å². The number of carbonyl (C=O) groups excluding carboxylic acids is 2. The molecule has 1 saturated heterocycles. The number of piperazine rings is 1. The largest absolute Gasteiger partial charge is 0.480 e. The second-order valence-corrected chi connectivity index (χ2v) is 7.54. The maximum absolute atomic E-state index is 12.8. The predicted molar refractivity (Wildman–Crippen MR) is 95.3 cm³/mol. The normalized spacial score (nSPS) is 22.6. The molecule has 8 nitrogen and oxygen atoms in total. The smallest absolute Gasteiger partial charge is 0.411 e. The van der Waals surface area contributed by atoms with E-state index in [1.807, 2.05) is 24.3 Å². The maximum Gasteiger partial charge on any atom is 0.411 e. The van der Waals surface area contributed by atoms with Crippen LogP contribution in [0.2, 0.25) is 0 Å². The van der Waals surface area contributed by atoms with Gasteiger partial charge in [0.15, 0.2) is 0 Å². The first-order chi connectivity index (χ1) is 12.1. The Bertz CT molecular complexity index is 757. The molecule has 26 heavy (non-hydrogen) atoms. The second-order valence-electron chi connectivity index (χ2n) is 7.54. The first-order valence-corrected chi connectivity index (χ1v) is 8.46. The number of benzene rings is 1. The Kier molecular flexibility index (Phi) is 4.29. The van der Waals surface area contributed by atoms with Crippen LogP contribution in [0.1, 0.15) is 20.8 Å². The van der Waals surface area contributed by atoms with Crippen LogP contribution in [0.5, 0.6) is 0 Å². The van der Waals surface area contributed by atoms with Crippen molar-refractivity contribution in [3.8, 4) is 0 Å². The van der Waals surface area contributed by atoms with Crippen molar-refractivity contribution >= 4 is 29.3 Å². The molecule has 2 heterocycles. The number of carboxylic acids is 1. The summed E-state index contributed by atoms with van der Waals surface area (Å²) in [5.41, 5.74) is 0.760. The summed E-state index contributed by atoms with van der Waals surface area (Å²) >= 11 is 0. The molecule has 2 atom stereocenters. The fraction of sp³-hybridized carbons (Fsp3) is 0.500. The number of likely N-dealkylation sites (N-methyl/N-ethyl adjacent to an activating group) is 1. The molecule has 2 aliphatic rings. The van der Waals surface area contributed by atoms with Gasteiger partial charge in [-0.1, -0.05) is 12.1 Å². The van der Waals surface area contributed by atoms with Gasteiger partial charge in [-0.05, 0) is 32.9 Å². The number of ether oxygens (including phenoxy) is 1. The van der Waals surface area contributed by atoms with Crippen molar-refractivity contribution in [1.82, 2.24) is 4.90 Å². The van der Waals surface area contributed by atoms with Crippen molar-refractivity contribution in [3.63, 3.8) is 0 Å². The number of para-hydroxylation sites is 2. The third kappa shape index (κ3) is 3.07. The molecule has 1 aromatic rings. The summed E-state index contributed by atoms with van der Waals surface area (Å²) in [5.74, 6) is -1.31. The molecule has 3 rings (SSSR count). The summed E-state index contributed by atoms with van der Waals surface area (Å²) in [7, 11) is 1.68. The van der Waals surface area contributed by atoms with Gasteiger partial charge in [0.1, 0.15) is 17.7 Å². The van der Waals surface area contributed by atoms with Gasteiger partial charge in [0.2, 0.25) is 0 Å². The van der Waals surface area contributed by atoms with Crippen molar-refractivity contribution in [2.45, 2.75) is 38.5 Å². The number of aliphatic carboxylic acids is 1. The minimum absolute atomic E-state index is 0.0236. The van der Waals surface area contributed by atoms with Crippen LogP contribution in [0, 0.1) is 0 Å². The van der Waals surface area contributed by atoms with Crippen molar-refractivity contribution in [1.29, 1.82) is 0 Å². The van der Waals surface area contributed by atoms with Gasteiger partial charge in [0.05, 0.1) is 24.5 Å². The van der Waals surface area contributed by atoms with E-state index in [2.05, 4.69) is 0 Å². The Hall–Kier alpha value is -2.77. The average molecular weight is 361 g/mol. The molecule has 1 fully saturated rings. The first kappa shape index (κ1) is 18.0. The van der Waals surface area contributed by atoms with E-state index in [-0.39, 0.29) is 19.0 Å². The van der Waals surface area contributed by atoms with E-state index < -0.39 is 29.7 Å². The minimum atomic E-state index is -1.13. The van der Waals surface area contributed by atoms with Gasteiger partial charge < -0.3 is 19.6 Å². The van der Waals surface area contributed by atoms with Crippen LogP contribution in [0.3, 0.4) is 0 Å². The van der Waals surface area contributed by atoms with E-state index in [1.54, 1.807) is 37.6 Å². The van der Waals surface area contributed by atoms with Crippen LogP contribution in [0.4, 0.5) is 16.2 Å². The van der Waals surface area contributed by atoms with Crippen LogP contribution in [-0.2, 0) is 14.3 Å². The second kappa shape index (κ2) is 6.19. The fourth-order valence-corrected chi connectivity index (χ4v) is 3.37. The van der Waals surface area contributed by atoms with E-state index >= 15 is 0 Å². The van der Waals surface area contributed by atoms with E-state index in [1.165, 1.54) is 0 Å². The zero-order valence-electron chi connectivity index (χ0n) is 15.3. The van der Waals surface area contributed by atoms with Crippen molar-refractivity contribution in [2.75, 3.05) is 29.9 Å². The first-order valence-electron chi connectivity index (χ1n) is 8.46. The monoisotopic (exact) mass is 361 g/mol. The highest BCUT2D eigenvalue weighted by atomic mass is 16.6. The van der Waals surface area contributed by atoms with E-state index in [9.17, 15) is 19.5 Å². The average Bonchev–Trinajstić information content (AvgIpc) is 2.57. The Labute approximate surface area is 151 Å². The predicted octanol–water partition coefficient (Wildman–Crippen LogP) is 1.54. The number of nitrogens with zero attached hydrogens (tertiary/aromatic N) is 3. The molecule has 0 bridgehead atoms. The van der Waals surface area contributed by atoms with Crippen LogP contribution >= 0.6 is 0 Å². The summed E-state index contributed by atoms with van der Waals surface area (Å²) in [6.45, 7) is 5.13. The van der Waals surface area contributed by atoms with Crippen LogP contribution in [0.25, 0.3) is 0 Å². The van der Waals surface area contributed by atoms with Crippen LogP contribution in [0.15, 0.2) is 24.3 Å². The number of rotatable bonds is 1. The van der Waals surface area contributed by atoms with E-state index in [4.69, 9.17) is 4.74 Å². The number of carbonyl (C=O) groups is 3. The van der Waals surface area contributed by atoms with Gasteiger partial charge in [-0.15, -0.1) is 0 Å². The molecular formula is C18H23N3O5. The Morgan fingerprint density at radius 1 is 1.15 bits per heavy atom. The summed E-state index contributed by atoms with van der Waals surface area (Å²) in [6.07, 6.45) is -0.723. The number of fused-ring (bicyclic) bond motifs is 3. The molecule has 1 aromatic carbocycles. The molecule has 1 N–H and O–H groups in total. The van der Waals surface area contributed by atoms with Crippen molar-refractivity contribution in [3.05, 3.63) is 24.3 Å². The summed E-state index contributed by atoms with van der Waals surface area (Å²) < 4.78 is 5.35. The van der Waals surface area contributed by atoms with Gasteiger partial charge in [-0.25, -0.2) is 9.59 Å². The lowest BCUT2D eigenvalue weighted by molar-refractivity contribution is -0.144. The van der Waals surface area contributed by atoms with Crippen molar-refractivity contribution in [2.24, 2.45) is 0 Å². The summed E-state index contributed by atoms with van der Waals surface area (Å²) in [6, 6.07) is 5.61. The summed E-state index contributed by atoms with van der Waals surface area (Å²) in [4.78, 5) is 41.6. The molecule has 140 valence electrons. The van der Waals surface area contributed by atoms with Gasteiger partial charge in [-0.3, -0.25) is 9.69 Å². The van der Waals surface area contributed by atoms with Gasteiger partial charge in [0.25, 0.3) is 5.91 Å². The molecule has 2 unspecified atom stereocenters. The lowest BCUT2D eigenvalue weighted by Gasteiger charge is -2.49. The quantitative estimate of drug-likeness (QED) is 0.816. The number of hydrogen-bond acceptors (Lipinski definition) is 5. The zero-order valence-corrected chi connectivity index (χ0v) is 15.3. The molecule has 0 saturated carbocycles. The number of carboxylic acid groups (broad SMARTS) is 1. The SMILES string of the molecule is CN1C(=O)C2CN(C(=O)OC(C)(C)C)C(C(=O)O)CN2c2ccccc21. The lowest BCUT2D eigenvalue weighted by atomic mass is 10.00. The van der Waals surface area contributed by atoms with Crippen molar-refractivity contribution < 1.29 is 24.2 Å². The Morgan fingerprint density at radius 3 is 2.35 bits per heavy atom. The highest BCUT2D eigenvalue weighted by molar-refractivity contribution is 6.06. The minimum Gasteiger partial charge on any atom is -0.480 e. The number of anilines is 2. The number of amides is 2. The number of hydrogen-bond donors (Lipinski definition) is 1. The van der Waals surface area contributed by atoms with E-state index in [0.29, 0.717) is 0 Å². The molecule has 2 amide bonds. The summed E-state index contributed by atoms with van der Waals surface area (Å²) in [5, 5.41) is 9.64. The van der Waals surface area contributed by atoms with Gasteiger partial charge in [-0.2, -0.15) is 0 Å². The molecular weight excluding hydrogens is 338 g/mol. The zero-order chi connectivity index (χ0) is 19.2. The highest BCUT2D eigenvalue weighted by Gasteiger charge is 2.47. The third-order valence-electron chi connectivity index (χ3n) is 4.57. The molecule has 0 aromatic heterocycles. The molecule has 0 radical (unpaired) electrons. The topological polar surface area (TPSA) is 90.4 Å². The molecule has 0 spiro atoms. The maximum atomic E-state index is 12.8.